The van der Waals surface area contributed by atoms with Gasteiger partial charge in [0.1, 0.15) is 11.8 Å². The molecule has 0 N–H and O–H groups in total. The van der Waals surface area contributed by atoms with Gasteiger partial charge in [-0.1, -0.05) is 11.6 Å². The third kappa shape index (κ3) is 3.93. The van der Waals surface area contributed by atoms with Gasteiger partial charge in [-0.25, -0.2) is 4.79 Å². The average molecular weight is 332 g/mol. The molecule has 5 nitrogen and oxygen atoms in total. The highest BCUT2D eigenvalue weighted by atomic mass is 35.5. The molecule has 2 aromatic rings. The Morgan fingerprint density at radius 2 is 2.00 bits per heavy atom. The van der Waals surface area contributed by atoms with Crippen molar-refractivity contribution in [1.82, 2.24) is 0 Å². The van der Waals surface area contributed by atoms with E-state index in [1.165, 1.54) is 7.11 Å². The molecule has 2 rings (SSSR count). The van der Waals surface area contributed by atoms with Crippen LogP contribution in [-0.4, -0.2) is 19.7 Å². The first-order valence-corrected chi connectivity index (χ1v) is 7.19. The number of carbonyl (C=O) groups excluding carboxylic acids is 1. The zero-order chi connectivity index (χ0) is 16.8. The predicted octanol–water partition coefficient (Wildman–Crippen LogP) is 4.19. The Morgan fingerprint density at radius 3 is 2.61 bits per heavy atom. The summed E-state index contributed by atoms with van der Waals surface area (Å²) < 4.78 is 15.9. The van der Waals surface area contributed by atoms with Crippen LogP contribution < -0.4 is 9.47 Å². The predicted molar refractivity (Wildman–Crippen MR) is 85.2 cm³/mol. The second kappa shape index (κ2) is 7.52. The van der Waals surface area contributed by atoms with Crippen molar-refractivity contribution in [2.75, 3.05) is 13.7 Å². The minimum Gasteiger partial charge on any atom is -0.493 e. The lowest BCUT2D eigenvalue weighted by Gasteiger charge is -2.12. The average Bonchev–Trinajstić information content (AvgIpc) is 2.55. The molecule has 0 heterocycles. The topological polar surface area (TPSA) is 68.5 Å². The molecule has 0 amide bonds. The van der Waals surface area contributed by atoms with Crippen molar-refractivity contribution in [2.24, 2.45) is 0 Å². The highest BCUT2D eigenvalue weighted by Crippen LogP contribution is 2.34. The Kier molecular flexibility index (Phi) is 5.45. The molecule has 118 valence electrons. The maximum absolute atomic E-state index is 11.7. The van der Waals surface area contributed by atoms with Crippen LogP contribution in [0.3, 0.4) is 0 Å². The van der Waals surface area contributed by atoms with Gasteiger partial charge in [0.15, 0.2) is 11.5 Å². The van der Waals surface area contributed by atoms with Crippen molar-refractivity contribution in [3.8, 4) is 23.3 Å². The summed E-state index contributed by atoms with van der Waals surface area (Å²) in [5.41, 5.74) is 0.734. The second-order valence-corrected chi connectivity index (χ2v) is 4.85. The van der Waals surface area contributed by atoms with Crippen LogP contribution in [0.25, 0.3) is 0 Å². The van der Waals surface area contributed by atoms with Crippen molar-refractivity contribution in [2.45, 2.75) is 6.92 Å². The van der Waals surface area contributed by atoms with Crippen molar-refractivity contribution in [3.63, 3.8) is 0 Å². The van der Waals surface area contributed by atoms with E-state index in [0.29, 0.717) is 40.0 Å². The first-order chi connectivity index (χ1) is 11.1. The van der Waals surface area contributed by atoms with Gasteiger partial charge < -0.3 is 14.2 Å². The SMILES string of the molecule is CCOC(=O)c1ccc(Oc2ccc(C#N)c(Cl)c2)c(OC)c1. The minimum atomic E-state index is -0.432. The number of methoxy groups -OCH3 is 1. The quantitative estimate of drug-likeness (QED) is 0.768. The van der Waals surface area contributed by atoms with E-state index in [0.717, 1.165) is 0 Å². The van der Waals surface area contributed by atoms with E-state index in [4.69, 9.17) is 31.1 Å². The smallest absolute Gasteiger partial charge is 0.338 e. The zero-order valence-electron chi connectivity index (χ0n) is 12.6. The van der Waals surface area contributed by atoms with Crippen molar-refractivity contribution >= 4 is 17.6 Å². The standard InChI is InChI=1S/C17H14ClNO4/c1-3-22-17(20)11-5-7-15(16(8-11)21-2)23-13-6-4-12(10-19)14(18)9-13/h4-9H,3H2,1-2H3. The number of halogens is 1. The molecule has 0 saturated carbocycles. The molecular weight excluding hydrogens is 318 g/mol. The fourth-order valence-corrected chi connectivity index (χ4v) is 2.08. The van der Waals surface area contributed by atoms with Crippen LogP contribution in [0.15, 0.2) is 36.4 Å². The highest BCUT2D eigenvalue weighted by Gasteiger charge is 2.13. The van der Waals surface area contributed by atoms with Gasteiger partial charge in [-0.2, -0.15) is 5.26 Å². The number of esters is 1. The monoisotopic (exact) mass is 331 g/mol. The summed E-state index contributed by atoms with van der Waals surface area (Å²) in [6.45, 7) is 2.03. The molecule has 0 aromatic heterocycles. The molecular formula is C17H14ClNO4. The summed E-state index contributed by atoms with van der Waals surface area (Å²) in [6, 6.07) is 11.4. The van der Waals surface area contributed by atoms with Crippen LogP contribution >= 0.6 is 11.6 Å². The fourth-order valence-electron chi connectivity index (χ4n) is 1.87. The Hall–Kier alpha value is -2.71. The van der Waals surface area contributed by atoms with Crippen LogP contribution in [0.4, 0.5) is 0 Å². The van der Waals surface area contributed by atoms with E-state index in [9.17, 15) is 4.79 Å². The number of ether oxygens (including phenoxy) is 3. The molecule has 0 saturated heterocycles. The summed E-state index contributed by atoms with van der Waals surface area (Å²) in [7, 11) is 1.48. The van der Waals surface area contributed by atoms with Gasteiger partial charge in [-0.3, -0.25) is 0 Å². The van der Waals surface area contributed by atoms with E-state index < -0.39 is 5.97 Å². The summed E-state index contributed by atoms with van der Waals surface area (Å²) in [4.78, 5) is 11.7. The van der Waals surface area contributed by atoms with E-state index in [2.05, 4.69) is 0 Å². The number of carbonyl (C=O) groups is 1. The number of hydrogen-bond donors (Lipinski definition) is 0. The van der Waals surface area contributed by atoms with Gasteiger partial charge in [-0.15, -0.1) is 0 Å². The minimum absolute atomic E-state index is 0.295. The first kappa shape index (κ1) is 16.7. The van der Waals surface area contributed by atoms with Crippen molar-refractivity contribution in [3.05, 3.63) is 52.5 Å². The van der Waals surface area contributed by atoms with Gasteiger partial charge in [0.25, 0.3) is 0 Å². The maximum Gasteiger partial charge on any atom is 0.338 e. The highest BCUT2D eigenvalue weighted by molar-refractivity contribution is 6.31. The summed E-state index contributed by atoms with van der Waals surface area (Å²) in [6.07, 6.45) is 0. The van der Waals surface area contributed by atoms with Crippen LogP contribution in [-0.2, 0) is 4.74 Å². The van der Waals surface area contributed by atoms with E-state index in [-0.39, 0.29) is 0 Å². The van der Waals surface area contributed by atoms with E-state index in [1.54, 1.807) is 43.3 Å². The molecule has 23 heavy (non-hydrogen) atoms. The molecule has 0 spiro atoms. The molecule has 0 atom stereocenters. The first-order valence-electron chi connectivity index (χ1n) is 6.81. The Bertz CT molecular complexity index is 768. The van der Waals surface area contributed by atoms with Gasteiger partial charge in [0, 0.05) is 6.07 Å². The lowest BCUT2D eigenvalue weighted by atomic mass is 10.2. The van der Waals surface area contributed by atoms with Gasteiger partial charge in [0.2, 0.25) is 0 Å². The van der Waals surface area contributed by atoms with Crippen molar-refractivity contribution < 1.29 is 19.0 Å². The van der Waals surface area contributed by atoms with Crippen LogP contribution in [0.2, 0.25) is 5.02 Å². The molecule has 2 aromatic carbocycles. The van der Waals surface area contributed by atoms with E-state index >= 15 is 0 Å². The molecule has 0 bridgehead atoms. The van der Waals surface area contributed by atoms with Gasteiger partial charge >= 0.3 is 5.97 Å². The second-order valence-electron chi connectivity index (χ2n) is 4.44. The molecule has 0 unspecified atom stereocenters. The molecule has 0 aliphatic heterocycles. The summed E-state index contributed by atoms with van der Waals surface area (Å²) >= 11 is 5.98. The maximum atomic E-state index is 11.7. The summed E-state index contributed by atoms with van der Waals surface area (Å²) in [5.74, 6) is 0.826. The van der Waals surface area contributed by atoms with Crippen LogP contribution in [0.5, 0.6) is 17.2 Å². The largest absolute Gasteiger partial charge is 0.493 e. The number of benzene rings is 2. The Morgan fingerprint density at radius 1 is 1.22 bits per heavy atom. The number of nitriles is 1. The fraction of sp³-hybridized carbons (Fsp3) is 0.176. The molecule has 0 radical (unpaired) electrons. The van der Waals surface area contributed by atoms with Gasteiger partial charge in [0.05, 0.1) is 29.9 Å². The molecule has 6 heteroatoms. The third-order valence-corrected chi connectivity index (χ3v) is 3.28. The van der Waals surface area contributed by atoms with Crippen LogP contribution in [0, 0.1) is 11.3 Å². The zero-order valence-corrected chi connectivity index (χ0v) is 13.4. The van der Waals surface area contributed by atoms with E-state index in [1.807, 2.05) is 6.07 Å². The summed E-state index contributed by atoms with van der Waals surface area (Å²) in [5, 5.41) is 9.17. The molecule has 0 aliphatic rings. The normalized spacial score (nSPS) is 9.83. The number of nitrogens with zero attached hydrogens (tertiary/aromatic N) is 1. The number of rotatable bonds is 5. The Balaban J connectivity index is 2.28. The van der Waals surface area contributed by atoms with Crippen LogP contribution in [0.1, 0.15) is 22.8 Å². The van der Waals surface area contributed by atoms with Crippen molar-refractivity contribution in [1.29, 1.82) is 5.26 Å². The van der Waals surface area contributed by atoms with Gasteiger partial charge in [-0.05, 0) is 37.3 Å². The lowest BCUT2D eigenvalue weighted by molar-refractivity contribution is 0.0526. The Labute approximate surface area is 139 Å². The lowest BCUT2D eigenvalue weighted by Crippen LogP contribution is -2.05. The number of hydrogen-bond acceptors (Lipinski definition) is 5. The molecule has 0 fully saturated rings. The third-order valence-electron chi connectivity index (χ3n) is 2.96. The molecule has 0 aliphatic carbocycles.